The summed E-state index contributed by atoms with van der Waals surface area (Å²) in [5, 5.41) is 0.994. The second kappa shape index (κ2) is 5.92. The molecule has 0 saturated carbocycles. The summed E-state index contributed by atoms with van der Waals surface area (Å²) in [6, 6.07) is 9.40. The first-order valence-electron chi connectivity index (χ1n) is 7.74. The Hall–Kier alpha value is -1.95. The van der Waals surface area contributed by atoms with Crippen LogP contribution >= 0.6 is 0 Å². The van der Waals surface area contributed by atoms with Gasteiger partial charge in [-0.05, 0) is 38.5 Å². The number of aryl methyl sites for hydroxylation is 1. The maximum atomic E-state index is 12.8. The number of aromatic nitrogens is 1. The van der Waals surface area contributed by atoms with Gasteiger partial charge in [0.05, 0.1) is 17.0 Å². The van der Waals surface area contributed by atoms with Crippen molar-refractivity contribution < 1.29 is 13.2 Å². The Bertz CT molecular complexity index is 861. The summed E-state index contributed by atoms with van der Waals surface area (Å²) >= 11 is 0. The van der Waals surface area contributed by atoms with E-state index in [1.165, 1.54) is 0 Å². The molecule has 0 spiro atoms. The summed E-state index contributed by atoms with van der Waals surface area (Å²) in [7, 11) is -3.05. The molecule has 1 fully saturated rings. The molecule has 5 nitrogen and oxygen atoms in total. The van der Waals surface area contributed by atoms with Crippen LogP contribution < -0.4 is 0 Å². The van der Waals surface area contributed by atoms with Gasteiger partial charge < -0.3 is 4.90 Å². The fourth-order valence-electron chi connectivity index (χ4n) is 2.88. The standard InChI is InChI=1S/C17H20N2O3S/c1-12-3-5-15-14(11-12)4-6-16(18-15)17(20)19-8-10-23(21,22)9-7-13(19)2/h3-6,11,13H,7-10H2,1-2H3. The van der Waals surface area contributed by atoms with E-state index >= 15 is 0 Å². The predicted octanol–water partition coefficient (Wildman–Crippen LogP) is 2.19. The quantitative estimate of drug-likeness (QED) is 0.803. The van der Waals surface area contributed by atoms with Crippen molar-refractivity contribution in [3.05, 3.63) is 41.6 Å². The van der Waals surface area contributed by atoms with Crippen molar-refractivity contribution in [3.63, 3.8) is 0 Å². The van der Waals surface area contributed by atoms with Gasteiger partial charge in [0.25, 0.3) is 5.91 Å². The zero-order valence-electron chi connectivity index (χ0n) is 13.3. The van der Waals surface area contributed by atoms with E-state index in [1.807, 2.05) is 38.1 Å². The number of sulfone groups is 1. The van der Waals surface area contributed by atoms with Gasteiger partial charge in [-0.15, -0.1) is 0 Å². The highest BCUT2D eigenvalue weighted by Gasteiger charge is 2.29. The molecule has 0 aliphatic carbocycles. The highest BCUT2D eigenvalue weighted by Crippen LogP contribution is 2.18. The second-order valence-corrected chi connectivity index (χ2v) is 8.48. The smallest absolute Gasteiger partial charge is 0.272 e. The third-order valence-corrected chi connectivity index (χ3v) is 6.01. The predicted molar refractivity (Wildman–Crippen MR) is 90.2 cm³/mol. The Labute approximate surface area is 136 Å². The lowest BCUT2D eigenvalue weighted by molar-refractivity contribution is 0.0700. The molecule has 1 aromatic heterocycles. The lowest BCUT2D eigenvalue weighted by Crippen LogP contribution is -2.39. The van der Waals surface area contributed by atoms with Crippen LogP contribution in [-0.4, -0.2) is 48.3 Å². The van der Waals surface area contributed by atoms with E-state index in [9.17, 15) is 13.2 Å². The zero-order valence-corrected chi connectivity index (χ0v) is 14.1. The molecule has 1 atom stereocenters. The van der Waals surface area contributed by atoms with Gasteiger partial charge in [0.1, 0.15) is 5.69 Å². The van der Waals surface area contributed by atoms with E-state index in [-0.39, 0.29) is 30.0 Å². The van der Waals surface area contributed by atoms with Gasteiger partial charge in [-0.2, -0.15) is 0 Å². The fraction of sp³-hybridized carbons (Fsp3) is 0.412. The topological polar surface area (TPSA) is 67.3 Å². The summed E-state index contributed by atoms with van der Waals surface area (Å²) in [5.74, 6) is -0.0322. The number of hydrogen-bond acceptors (Lipinski definition) is 4. The number of benzene rings is 1. The molecule has 1 aliphatic rings. The van der Waals surface area contributed by atoms with E-state index in [4.69, 9.17) is 0 Å². The van der Waals surface area contributed by atoms with Gasteiger partial charge in [-0.25, -0.2) is 13.4 Å². The number of nitrogens with zero attached hydrogens (tertiary/aromatic N) is 2. The summed E-state index contributed by atoms with van der Waals surface area (Å²) in [4.78, 5) is 18.8. The molecular formula is C17H20N2O3S. The molecule has 1 saturated heterocycles. The largest absolute Gasteiger partial charge is 0.334 e. The van der Waals surface area contributed by atoms with Crippen LogP contribution in [0.4, 0.5) is 0 Å². The monoisotopic (exact) mass is 332 g/mol. The van der Waals surface area contributed by atoms with Gasteiger partial charge in [0.15, 0.2) is 9.84 Å². The third-order valence-electron chi connectivity index (χ3n) is 4.35. The number of fused-ring (bicyclic) bond motifs is 1. The molecule has 1 amide bonds. The van der Waals surface area contributed by atoms with Crippen LogP contribution in [0.15, 0.2) is 30.3 Å². The highest BCUT2D eigenvalue weighted by molar-refractivity contribution is 7.91. The lowest BCUT2D eigenvalue weighted by Gasteiger charge is -2.26. The van der Waals surface area contributed by atoms with Crippen molar-refractivity contribution in [2.24, 2.45) is 0 Å². The maximum absolute atomic E-state index is 12.8. The van der Waals surface area contributed by atoms with Gasteiger partial charge in [0.2, 0.25) is 0 Å². The molecule has 2 heterocycles. The van der Waals surface area contributed by atoms with E-state index in [0.29, 0.717) is 12.1 Å². The van der Waals surface area contributed by atoms with E-state index < -0.39 is 9.84 Å². The average molecular weight is 332 g/mol. The SMILES string of the molecule is Cc1ccc2nc(C(=O)N3CCS(=O)(=O)CCC3C)ccc2c1. The fourth-order valence-corrected chi connectivity index (χ4v) is 4.26. The summed E-state index contributed by atoms with van der Waals surface area (Å²) in [6.07, 6.45) is 0.473. The van der Waals surface area contributed by atoms with Crippen molar-refractivity contribution in [3.8, 4) is 0 Å². The molecular weight excluding hydrogens is 312 g/mol. The Balaban J connectivity index is 1.91. The normalized spacial score (nSPS) is 21.1. The van der Waals surface area contributed by atoms with Crippen LogP contribution in [0.2, 0.25) is 0 Å². The van der Waals surface area contributed by atoms with Crippen LogP contribution in [0.25, 0.3) is 10.9 Å². The molecule has 2 aromatic rings. The zero-order chi connectivity index (χ0) is 16.6. The number of amides is 1. The van der Waals surface area contributed by atoms with Crippen molar-refractivity contribution in [1.29, 1.82) is 0 Å². The van der Waals surface area contributed by atoms with Gasteiger partial charge in [0, 0.05) is 18.0 Å². The number of hydrogen-bond donors (Lipinski definition) is 0. The van der Waals surface area contributed by atoms with Crippen LogP contribution in [-0.2, 0) is 9.84 Å². The molecule has 1 aromatic carbocycles. The number of rotatable bonds is 1. The van der Waals surface area contributed by atoms with E-state index in [2.05, 4.69) is 4.98 Å². The third kappa shape index (κ3) is 3.37. The van der Waals surface area contributed by atoms with Crippen molar-refractivity contribution in [2.45, 2.75) is 26.3 Å². The minimum atomic E-state index is -3.05. The molecule has 1 unspecified atom stereocenters. The first kappa shape index (κ1) is 15.9. The Morgan fingerprint density at radius 1 is 1.22 bits per heavy atom. The van der Waals surface area contributed by atoms with E-state index in [0.717, 1.165) is 16.5 Å². The Morgan fingerprint density at radius 3 is 2.78 bits per heavy atom. The second-order valence-electron chi connectivity index (χ2n) is 6.18. The first-order chi connectivity index (χ1) is 10.9. The van der Waals surface area contributed by atoms with Crippen LogP contribution in [0.3, 0.4) is 0 Å². The number of carbonyl (C=O) groups is 1. The van der Waals surface area contributed by atoms with E-state index in [1.54, 1.807) is 11.0 Å². The Morgan fingerprint density at radius 2 is 2.00 bits per heavy atom. The van der Waals surface area contributed by atoms with Gasteiger partial charge in [-0.3, -0.25) is 4.79 Å². The number of pyridine rings is 1. The summed E-state index contributed by atoms with van der Waals surface area (Å²) < 4.78 is 23.5. The number of carbonyl (C=O) groups excluding carboxylic acids is 1. The van der Waals surface area contributed by atoms with Gasteiger partial charge >= 0.3 is 0 Å². The molecule has 23 heavy (non-hydrogen) atoms. The summed E-state index contributed by atoms with van der Waals surface area (Å²) in [5.41, 5.74) is 2.29. The van der Waals surface area contributed by atoms with Crippen LogP contribution in [0, 0.1) is 6.92 Å². The average Bonchev–Trinajstić information content (AvgIpc) is 2.65. The van der Waals surface area contributed by atoms with Crippen LogP contribution in [0.1, 0.15) is 29.4 Å². The van der Waals surface area contributed by atoms with Crippen molar-refractivity contribution in [2.75, 3.05) is 18.1 Å². The maximum Gasteiger partial charge on any atom is 0.272 e. The van der Waals surface area contributed by atoms with Crippen molar-refractivity contribution >= 4 is 26.6 Å². The highest BCUT2D eigenvalue weighted by atomic mass is 32.2. The molecule has 0 bridgehead atoms. The lowest BCUT2D eigenvalue weighted by atomic mass is 10.1. The molecule has 122 valence electrons. The molecule has 0 N–H and O–H groups in total. The Kier molecular flexibility index (Phi) is 4.10. The summed E-state index contributed by atoms with van der Waals surface area (Å²) in [6.45, 7) is 4.14. The minimum Gasteiger partial charge on any atom is -0.334 e. The van der Waals surface area contributed by atoms with Gasteiger partial charge in [-0.1, -0.05) is 17.7 Å². The van der Waals surface area contributed by atoms with Crippen LogP contribution in [0.5, 0.6) is 0 Å². The minimum absolute atomic E-state index is 0.0237. The molecule has 3 rings (SSSR count). The first-order valence-corrected chi connectivity index (χ1v) is 9.57. The molecule has 1 aliphatic heterocycles. The molecule has 6 heteroatoms. The van der Waals surface area contributed by atoms with Crippen molar-refractivity contribution in [1.82, 2.24) is 9.88 Å². The molecule has 0 radical (unpaired) electrons.